The number of benzene rings is 1. The Hall–Kier alpha value is -2.34. The molecule has 3 heterocycles. The summed E-state index contributed by atoms with van der Waals surface area (Å²) >= 11 is 0. The van der Waals surface area contributed by atoms with E-state index in [0.717, 1.165) is 69.8 Å². The Balaban J connectivity index is 1.07. The van der Waals surface area contributed by atoms with Crippen LogP contribution in [0.4, 0.5) is 5.69 Å². The van der Waals surface area contributed by atoms with Gasteiger partial charge in [-0.05, 0) is 81.9 Å². The number of likely N-dealkylation sites (tertiary alicyclic amines) is 1. The molecular weight excluding hydrogens is 448 g/mol. The lowest BCUT2D eigenvalue weighted by molar-refractivity contribution is -0.129. The van der Waals surface area contributed by atoms with E-state index in [1.54, 1.807) is 18.1 Å². The van der Waals surface area contributed by atoms with Gasteiger partial charge in [-0.2, -0.15) is 0 Å². The smallest absolute Gasteiger partial charge is 0.254 e. The molecule has 0 radical (unpaired) electrons. The van der Waals surface area contributed by atoms with Crippen molar-refractivity contribution in [1.82, 2.24) is 14.7 Å². The van der Waals surface area contributed by atoms with E-state index in [-0.39, 0.29) is 17.2 Å². The highest BCUT2D eigenvalue weighted by Crippen LogP contribution is 2.52. The van der Waals surface area contributed by atoms with Crippen LogP contribution >= 0.6 is 0 Å². The number of nitrogens with one attached hydrogen (secondary N) is 1. The van der Waals surface area contributed by atoms with Gasteiger partial charge in [0.2, 0.25) is 5.91 Å². The molecule has 0 bridgehead atoms. The topological polar surface area (TPSA) is 55.9 Å². The third kappa shape index (κ3) is 4.81. The maximum Gasteiger partial charge on any atom is 0.254 e. The summed E-state index contributed by atoms with van der Waals surface area (Å²) in [5, 5.41) is 3.66. The fraction of sp³-hybridized carbons (Fsp3) is 0.667. The van der Waals surface area contributed by atoms with Gasteiger partial charge in [-0.25, -0.2) is 0 Å². The lowest BCUT2D eigenvalue weighted by Crippen LogP contribution is -2.45. The number of piperidine rings is 1. The number of nitrogens with zero attached hydrogens (tertiary/aromatic N) is 3. The molecule has 2 aliphatic carbocycles. The fourth-order valence-electron chi connectivity index (χ4n) is 7.14. The summed E-state index contributed by atoms with van der Waals surface area (Å²) in [6.45, 7) is 8.48. The molecule has 1 spiro atoms. The minimum atomic E-state index is 0.166. The predicted molar refractivity (Wildman–Crippen MR) is 143 cm³/mol. The number of fused-ring (bicyclic) bond motifs is 2. The van der Waals surface area contributed by atoms with Crippen molar-refractivity contribution in [3.8, 4) is 0 Å². The summed E-state index contributed by atoms with van der Waals surface area (Å²) in [5.74, 6) is 0.382. The van der Waals surface area contributed by atoms with Crippen molar-refractivity contribution in [2.24, 2.45) is 0 Å². The van der Waals surface area contributed by atoms with Crippen LogP contribution in [0.1, 0.15) is 87.1 Å². The Morgan fingerprint density at radius 1 is 1.03 bits per heavy atom. The first-order valence-corrected chi connectivity index (χ1v) is 14.4. The van der Waals surface area contributed by atoms with Crippen LogP contribution in [-0.2, 0) is 10.2 Å². The predicted octanol–water partition coefficient (Wildman–Crippen LogP) is 4.56. The summed E-state index contributed by atoms with van der Waals surface area (Å²) < 4.78 is 0. The molecule has 0 unspecified atom stereocenters. The van der Waals surface area contributed by atoms with Crippen LogP contribution in [0.5, 0.6) is 0 Å². The number of amides is 2. The fourth-order valence-corrected chi connectivity index (χ4v) is 7.14. The maximum atomic E-state index is 13.6. The molecule has 1 aromatic rings. The van der Waals surface area contributed by atoms with E-state index >= 15 is 0 Å². The van der Waals surface area contributed by atoms with Gasteiger partial charge in [0.15, 0.2) is 0 Å². The molecule has 6 rings (SSSR count). The van der Waals surface area contributed by atoms with E-state index in [1.807, 2.05) is 4.90 Å². The Bertz CT molecular complexity index is 1050. The summed E-state index contributed by atoms with van der Waals surface area (Å²) in [6.07, 6.45) is 12.0. The summed E-state index contributed by atoms with van der Waals surface area (Å²) in [5.41, 5.74) is 6.91. The average molecular weight is 491 g/mol. The molecule has 1 saturated carbocycles. The van der Waals surface area contributed by atoms with Crippen molar-refractivity contribution < 1.29 is 9.59 Å². The zero-order valence-electron chi connectivity index (χ0n) is 22.0. The van der Waals surface area contributed by atoms with E-state index < -0.39 is 0 Å². The standard InChI is InChI=1S/C30H42N4O2/c1-22(35)33-17-10-25(11-18-33)31-26-7-8-28-27(19-26)29(36)34(21-30(28)12-13-30)15-4-14-32-16-9-23-5-2-3-6-24(23)20-32/h7-8,19,25,31H,2-6,9-18,20-21H2,1H3. The summed E-state index contributed by atoms with van der Waals surface area (Å²) in [7, 11) is 0. The van der Waals surface area contributed by atoms with Gasteiger partial charge in [-0.3, -0.25) is 14.5 Å². The van der Waals surface area contributed by atoms with Crippen LogP contribution in [0.3, 0.4) is 0 Å². The summed E-state index contributed by atoms with van der Waals surface area (Å²) in [4.78, 5) is 31.9. The number of carbonyl (C=O) groups is 2. The monoisotopic (exact) mass is 490 g/mol. The van der Waals surface area contributed by atoms with Gasteiger partial charge in [-0.1, -0.05) is 17.2 Å². The normalized spacial score (nSPS) is 24.1. The van der Waals surface area contributed by atoms with E-state index in [4.69, 9.17) is 0 Å². The van der Waals surface area contributed by atoms with Gasteiger partial charge in [-0.15, -0.1) is 0 Å². The molecular formula is C30H42N4O2. The zero-order chi connectivity index (χ0) is 24.7. The molecule has 36 heavy (non-hydrogen) atoms. The molecule has 1 saturated heterocycles. The first-order chi connectivity index (χ1) is 17.5. The van der Waals surface area contributed by atoms with E-state index in [9.17, 15) is 9.59 Å². The van der Waals surface area contributed by atoms with Gasteiger partial charge in [0, 0.05) is 75.4 Å². The van der Waals surface area contributed by atoms with Gasteiger partial charge in [0.1, 0.15) is 0 Å². The quantitative estimate of drug-likeness (QED) is 0.594. The number of hydrogen-bond donors (Lipinski definition) is 1. The Labute approximate surface area is 216 Å². The van der Waals surface area contributed by atoms with Crippen LogP contribution in [0, 0.1) is 0 Å². The summed E-state index contributed by atoms with van der Waals surface area (Å²) in [6, 6.07) is 6.85. The SMILES string of the molecule is CC(=O)N1CCC(Nc2ccc3c(c2)C(=O)N(CCCN2CCC4=C(CCCC4)C2)CC32CC2)CC1. The molecule has 2 amide bonds. The number of rotatable bonds is 6. The molecule has 2 fully saturated rings. The molecule has 5 aliphatic rings. The van der Waals surface area contributed by atoms with Crippen molar-refractivity contribution in [1.29, 1.82) is 0 Å². The number of hydrogen-bond acceptors (Lipinski definition) is 4. The van der Waals surface area contributed by atoms with E-state index in [1.165, 1.54) is 57.1 Å². The minimum absolute atomic E-state index is 0.166. The van der Waals surface area contributed by atoms with E-state index in [0.29, 0.717) is 6.04 Å². The van der Waals surface area contributed by atoms with Crippen molar-refractivity contribution in [3.63, 3.8) is 0 Å². The van der Waals surface area contributed by atoms with Crippen LogP contribution in [0.25, 0.3) is 0 Å². The first-order valence-electron chi connectivity index (χ1n) is 14.4. The Kier molecular flexibility index (Phi) is 6.57. The van der Waals surface area contributed by atoms with Gasteiger partial charge in [0.05, 0.1) is 0 Å². The average Bonchev–Trinajstić information content (AvgIpc) is 3.67. The third-order valence-electron chi connectivity index (χ3n) is 9.52. The van der Waals surface area contributed by atoms with Crippen LogP contribution < -0.4 is 5.32 Å². The second-order valence-electron chi connectivity index (χ2n) is 12.0. The lowest BCUT2D eigenvalue weighted by Gasteiger charge is -2.37. The van der Waals surface area contributed by atoms with Crippen LogP contribution in [0.2, 0.25) is 0 Å². The minimum Gasteiger partial charge on any atom is -0.382 e. The third-order valence-corrected chi connectivity index (χ3v) is 9.52. The molecule has 194 valence electrons. The molecule has 0 aromatic heterocycles. The van der Waals surface area contributed by atoms with Gasteiger partial charge in [0.25, 0.3) is 5.91 Å². The highest BCUT2D eigenvalue weighted by atomic mass is 16.2. The number of carbonyl (C=O) groups excluding carboxylic acids is 2. The largest absolute Gasteiger partial charge is 0.382 e. The lowest BCUT2D eigenvalue weighted by atomic mass is 9.86. The van der Waals surface area contributed by atoms with E-state index in [2.05, 4.69) is 33.3 Å². The zero-order valence-corrected chi connectivity index (χ0v) is 22.0. The highest BCUT2D eigenvalue weighted by molar-refractivity contribution is 5.98. The molecule has 3 aliphatic heterocycles. The molecule has 0 atom stereocenters. The van der Waals surface area contributed by atoms with Crippen molar-refractivity contribution in [2.75, 3.05) is 51.1 Å². The molecule has 6 heteroatoms. The molecule has 1 aromatic carbocycles. The Morgan fingerprint density at radius 2 is 1.81 bits per heavy atom. The maximum absolute atomic E-state index is 13.6. The molecule has 1 N–H and O–H groups in total. The second-order valence-corrected chi connectivity index (χ2v) is 12.0. The van der Waals surface area contributed by atoms with Crippen LogP contribution in [0.15, 0.2) is 29.3 Å². The van der Waals surface area contributed by atoms with Crippen molar-refractivity contribution in [2.45, 2.75) is 82.6 Å². The Morgan fingerprint density at radius 3 is 2.56 bits per heavy atom. The van der Waals surface area contributed by atoms with Gasteiger partial charge < -0.3 is 15.1 Å². The van der Waals surface area contributed by atoms with Crippen molar-refractivity contribution in [3.05, 3.63) is 40.5 Å². The molecule has 6 nitrogen and oxygen atoms in total. The van der Waals surface area contributed by atoms with Crippen LogP contribution in [-0.4, -0.2) is 78.4 Å². The second kappa shape index (κ2) is 9.85. The highest BCUT2D eigenvalue weighted by Gasteiger charge is 2.51. The number of anilines is 1. The van der Waals surface area contributed by atoms with Gasteiger partial charge >= 0.3 is 0 Å². The van der Waals surface area contributed by atoms with Crippen molar-refractivity contribution >= 4 is 17.5 Å². The first kappa shape index (κ1) is 24.0.